The van der Waals surface area contributed by atoms with E-state index in [9.17, 15) is 0 Å². The number of benzene rings is 1. The molecular weight excluding hydrogens is 216 g/mol. The molecule has 3 rings (SSSR count). The molecule has 0 amide bonds. The third kappa shape index (κ3) is 1.54. The maximum atomic E-state index is 6.21. The van der Waals surface area contributed by atoms with E-state index in [2.05, 4.69) is 46.1 Å². The van der Waals surface area contributed by atoms with Crippen molar-refractivity contribution < 1.29 is 0 Å². The summed E-state index contributed by atoms with van der Waals surface area (Å²) in [5.74, 6) is 0. The summed E-state index contributed by atoms with van der Waals surface area (Å²) in [4.78, 5) is 3.21. The van der Waals surface area contributed by atoms with Gasteiger partial charge < -0.3 is 10.7 Å². The minimum Gasteiger partial charge on any atom is -0.361 e. The van der Waals surface area contributed by atoms with Gasteiger partial charge in [0.05, 0.1) is 6.04 Å². The SMILES string of the molecule is N[C@@H](c1ccsc1)c1ccc2cc[nH]c2c1. The van der Waals surface area contributed by atoms with Gasteiger partial charge in [0.25, 0.3) is 0 Å². The summed E-state index contributed by atoms with van der Waals surface area (Å²) >= 11 is 1.68. The van der Waals surface area contributed by atoms with Crippen LogP contribution in [0.25, 0.3) is 10.9 Å². The molecular formula is C13H12N2S. The Balaban J connectivity index is 2.05. The zero-order valence-electron chi connectivity index (χ0n) is 8.68. The number of rotatable bonds is 2. The first-order valence-electron chi connectivity index (χ1n) is 5.19. The van der Waals surface area contributed by atoms with Gasteiger partial charge in [0.2, 0.25) is 0 Å². The Bertz CT molecular complexity index is 595. The van der Waals surface area contributed by atoms with E-state index in [1.54, 1.807) is 11.3 Å². The minimum atomic E-state index is -0.0288. The van der Waals surface area contributed by atoms with Crippen molar-refractivity contribution in [1.82, 2.24) is 4.98 Å². The van der Waals surface area contributed by atoms with Crippen molar-refractivity contribution in [3.8, 4) is 0 Å². The zero-order chi connectivity index (χ0) is 11.0. The Morgan fingerprint density at radius 3 is 2.88 bits per heavy atom. The summed E-state index contributed by atoms with van der Waals surface area (Å²) in [5, 5.41) is 5.38. The van der Waals surface area contributed by atoms with Crippen molar-refractivity contribution in [3.63, 3.8) is 0 Å². The van der Waals surface area contributed by atoms with Crippen LogP contribution in [0.4, 0.5) is 0 Å². The van der Waals surface area contributed by atoms with Crippen LogP contribution in [0, 0.1) is 0 Å². The molecule has 1 aromatic carbocycles. The Labute approximate surface area is 97.7 Å². The van der Waals surface area contributed by atoms with Gasteiger partial charge in [0.1, 0.15) is 0 Å². The van der Waals surface area contributed by atoms with Gasteiger partial charge in [-0.3, -0.25) is 0 Å². The van der Waals surface area contributed by atoms with Gasteiger partial charge in [-0.05, 0) is 45.5 Å². The minimum absolute atomic E-state index is 0.0288. The molecule has 2 aromatic heterocycles. The highest BCUT2D eigenvalue weighted by molar-refractivity contribution is 7.08. The maximum absolute atomic E-state index is 6.21. The topological polar surface area (TPSA) is 41.8 Å². The number of hydrogen-bond acceptors (Lipinski definition) is 2. The van der Waals surface area contributed by atoms with Crippen molar-refractivity contribution in [3.05, 3.63) is 58.4 Å². The summed E-state index contributed by atoms with van der Waals surface area (Å²) in [5.41, 5.74) is 9.68. The van der Waals surface area contributed by atoms with Crippen molar-refractivity contribution in [2.45, 2.75) is 6.04 Å². The van der Waals surface area contributed by atoms with Crippen LogP contribution >= 0.6 is 11.3 Å². The first-order chi connectivity index (χ1) is 7.84. The second-order valence-electron chi connectivity index (χ2n) is 3.86. The highest BCUT2D eigenvalue weighted by Gasteiger charge is 2.09. The van der Waals surface area contributed by atoms with Gasteiger partial charge in [-0.25, -0.2) is 0 Å². The Morgan fingerprint density at radius 1 is 1.12 bits per heavy atom. The monoisotopic (exact) mass is 228 g/mol. The van der Waals surface area contributed by atoms with Crippen LogP contribution in [-0.4, -0.2) is 4.98 Å². The van der Waals surface area contributed by atoms with E-state index in [1.807, 2.05) is 6.20 Å². The van der Waals surface area contributed by atoms with Crippen LogP contribution in [0.2, 0.25) is 0 Å². The quantitative estimate of drug-likeness (QED) is 0.694. The van der Waals surface area contributed by atoms with Crippen LogP contribution in [0.1, 0.15) is 17.2 Å². The molecule has 0 bridgehead atoms. The van der Waals surface area contributed by atoms with E-state index in [1.165, 1.54) is 10.9 Å². The van der Waals surface area contributed by atoms with Crippen molar-refractivity contribution >= 4 is 22.2 Å². The van der Waals surface area contributed by atoms with E-state index in [0.29, 0.717) is 0 Å². The summed E-state index contributed by atoms with van der Waals surface area (Å²) in [6, 6.07) is 10.4. The number of nitrogens with two attached hydrogens (primary N) is 1. The lowest BCUT2D eigenvalue weighted by Gasteiger charge is -2.10. The van der Waals surface area contributed by atoms with Gasteiger partial charge in [0, 0.05) is 11.7 Å². The number of thiophene rings is 1. The lowest BCUT2D eigenvalue weighted by Crippen LogP contribution is -2.10. The maximum Gasteiger partial charge on any atom is 0.0560 e. The molecule has 2 heterocycles. The molecule has 0 fully saturated rings. The fourth-order valence-electron chi connectivity index (χ4n) is 1.90. The molecule has 80 valence electrons. The van der Waals surface area contributed by atoms with Crippen molar-refractivity contribution in [1.29, 1.82) is 0 Å². The number of hydrogen-bond donors (Lipinski definition) is 2. The Hall–Kier alpha value is -1.58. The molecule has 0 aliphatic rings. The van der Waals surface area contributed by atoms with Gasteiger partial charge in [-0.1, -0.05) is 12.1 Å². The number of nitrogens with one attached hydrogen (secondary N) is 1. The second-order valence-corrected chi connectivity index (χ2v) is 4.64. The number of H-pyrrole nitrogens is 1. The summed E-state index contributed by atoms with van der Waals surface area (Å²) in [7, 11) is 0. The average Bonchev–Trinajstić information content (AvgIpc) is 2.98. The number of fused-ring (bicyclic) bond motifs is 1. The van der Waals surface area contributed by atoms with Gasteiger partial charge >= 0.3 is 0 Å². The smallest absolute Gasteiger partial charge is 0.0560 e. The van der Waals surface area contributed by atoms with Crippen LogP contribution in [0.3, 0.4) is 0 Å². The van der Waals surface area contributed by atoms with E-state index in [4.69, 9.17) is 5.73 Å². The molecule has 16 heavy (non-hydrogen) atoms. The van der Waals surface area contributed by atoms with Gasteiger partial charge in [0.15, 0.2) is 0 Å². The first kappa shape index (κ1) is 9.63. The summed E-state index contributed by atoms with van der Waals surface area (Å²) in [6.45, 7) is 0. The lowest BCUT2D eigenvalue weighted by atomic mass is 10.0. The Morgan fingerprint density at radius 2 is 2.06 bits per heavy atom. The molecule has 1 atom stereocenters. The lowest BCUT2D eigenvalue weighted by molar-refractivity contribution is 0.878. The predicted molar refractivity (Wildman–Crippen MR) is 68.6 cm³/mol. The third-order valence-corrected chi connectivity index (χ3v) is 3.54. The molecule has 0 saturated heterocycles. The fraction of sp³-hybridized carbons (Fsp3) is 0.0769. The molecule has 0 spiro atoms. The molecule has 3 heteroatoms. The van der Waals surface area contributed by atoms with E-state index in [0.717, 1.165) is 11.1 Å². The standard InChI is InChI=1S/C13H12N2S/c14-13(11-4-6-16-8-11)10-2-1-9-3-5-15-12(9)7-10/h1-8,13,15H,14H2/t13-/m1/s1. The molecule has 0 saturated carbocycles. The fourth-order valence-corrected chi connectivity index (χ4v) is 2.60. The molecule has 0 aliphatic heterocycles. The van der Waals surface area contributed by atoms with Gasteiger partial charge in [-0.15, -0.1) is 0 Å². The Kier molecular flexibility index (Phi) is 2.27. The largest absolute Gasteiger partial charge is 0.361 e. The first-order valence-corrected chi connectivity index (χ1v) is 6.13. The summed E-state index contributed by atoms with van der Waals surface area (Å²) in [6.07, 6.45) is 1.95. The van der Waals surface area contributed by atoms with E-state index in [-0.39, 0.29) is 6.04 Å². The average molecular weight is 228 g/mol. The molecule has 3 aromatic rings. The highest BCUT2D eigenvalue weighted by Crippen LogP contribution is 2.24. The molecule has 0 unspecified atom stereocenters. The van der Waals surface area contributed by atoms with Crippen molar-refractivity contribution in [2.75, 3.05) is 0 Å². The van der Waals surface area contributed by atoms with E-state index >= 15 is 0 Å². The van der Waals surface area contributed by atoms with Crippen LogP contribution < -0.4 is 5.73 Å². The normalized spacial score (nSPS) is 13.1. The van der Waals surface area contributed by atoms with Crippen LogP contribution in [0.5, 0.6) is 0 Å². The van der Waals surface area contributed by atoms with Crippen LogP contribution in [-0.2, 0) is 0 Å². The second kappa shape index (κ2) is 3.77. The number of aromatic nitrogens is 1. The molecule has 3 N–H and O–H groups in total. The zero-order valence-corrected chi connectivity index (χ0v) is 9.50. The van der Waals surface area contributed by atoms with Crippen LogP contribution in [0.15, 0.2) is 47.3 Å². The number of aromatic amines is 1. The molecule has 2 nitrogen and oxygen atoms in total. The van der Waals surface area contributed by atoms with Crippen molar-refractivity contribution in [2.24, 2.45) is 5.73 Å². The summed E-state index contributed by atoms with van der Waals surface area (Å²) < 4.78 is 0. The van der Waals surface area contributed by atoms with Gasteiger partial charge in [-0.2, -0.15) is 11.3 Å². The van der Waals surface area contributed by atoms with E-state index < -0.39 is 0 Å². The molecule has 0 radical (unpaired) electrons. The third-order valence-electron chi connectivity index (χ3n) is 2.84. The highest BCUT2D eigenvalue weighted by atomic mass is 32.1. The molecule has 0 aliphatic carbocycles. The predicted octanol–water partition coefficient (Wildman–Crippen LogP) is 3.28.